The lowest BCUT2D eigenvalue weighted by Gasteiger charge is -2.05. The molecule has 0 saturated carbocycles. The van der Waals surface area contributed by atoms with Crippen LogP contribution >= 0.6 is 27.3 Å². The number of hydrogen-bond donors (Lipinski definition) is 1. The second-order valence-electron chi connectivity index (χ2n) is 3.51. The zero-order chi connectivity index (χ0) is 12.1. The van der Waals surface area contributed by atoms with E-state index in [2.05, 4.69) is 32.3 Å². The molecule has 2 aromatic rings. The Morgan fingerprint density at radius 1 is 1.35 bits per heavy atom. The van der Waals surface area contributed by atoms with E-state index in [1.165, 1.54) is 4.88 Å². The Bertz CT molecular complexity index is 470. The molecule has 0 aliphatic heterocycles. The minimum absolute atomic E-state index is 0.587. The number of thiophene rings is 1. The van der Waals surface area contributed by atoms with Crippen molar-refractivity contribution in [1.29, 1.82) is 0 Å². The Balaban J connectivity index is 1.90. The first kappa shape index (κ1) is 12.5. The van der Waals surface area contributed by atoms with Gasteiger partial charge in [-0.2, -0.15) is 0 Å². The smallest absolute Gasteiger partial charge is 0.138 e. The third-order valence-electron chi connectivity index (χ3n) is 2.17. The van der Waals surface area contributed by atoms with Gasteiger partial charge in [-0.1, -0.05) is 0 Å². The van der Waals surface area contributed by atoms with Crippen LogP contribution in [0.3, 0.4) is 0 Å². The van der Waals surface area contributed by atoms with E-state index in [1.54, 1.807) is 17.5 Å². The van der Waals surface area contributed by atoms with Crippen molar-refractivity contribution < 1.29 is 4.74 Å². The third kappa shape index (κ3) is 3.80. The standard InChI is InChI=1S/C12H13BrN2OS/c1-14-6-9-2-3-10(7-15-9)16-8-11-4-5-12(13)17-11/h2-5,7,14H,6,8H2,1H3. The van der Waals surface area contributed by atoms with Crippen LogP contribution in [0.1, 0.15) is 10.6 Å². The van der Waals surface area contributed by atoms with E-state index < -0.39 is 0 Å². The first-order valence-electron chi connectivity index (χ1n) is 5.24. The Labute approximate surface area is 113 Å². The Hall–Kier alpha value is -0.910. The molecule has 5 heteroatoms. The summed E-state index contributed by atoms with van der Waals surface area (Å²) in [5.41, 5.74) is 1.01. The molecule has 0 radical (unpaired) electrons. The van der Waals surface area contributed by atoms with Crippen LogP contribution in [0.5, 0.6) is 5.75 Å². The van der Waals surface area contributed by atoms with Gasteiger partial charge in [0, 0.05) is 11.4 Å². The fourth-order valence-electron chi connectivity index (χ4n) is 1.37. The molecular formula is C12H13BrN2OS. The minimum Gasteiger partial charge on any atom is -0.486 e. The molecule has 0 amide bonds. The molecule has 0 spiro atoms. The summed E-state index contributed by atoms with van der Waals surface area (Å²) in [4.78, 5) is 5.48. The minimum atomic E-state index is 0.587. The number of rotatable bonds is 5. The van der Waals surface area contributed by atoms with Gasteiger partial charge >= 0.3 is 0 Å². The molecule has 0 aliphatic carbocycles. The average Bonchev–Trinajstić information content (AvgIpc) is 2.75. The van der Waals surface area contributed by atoms with Crippen LogP contribution in [0.15, 0.2) is 34.2 Å². The maximum Gasteiger partial charge on any atom is 0.138 e. The van der Waals surface area contributed by atoms with Gasteiger partial charge in [-0.15, -0.1) is 11.3 Å². The Kier molecular flexibility index (Phi) is 4.53. The summed E-state index contributed by atoms with van der Waals surface area (Å²) in [5.74, 6) is 0.800. The Morgan fingerprint density at radius 2 is 2.24 bits per heavy atom. The van der Waals surface area contributed by atoms with Crippen LogP contribution < -0.4 is 10.1 Å². The summed E-state index contributed by atoms with van der Waals surface area (Å²) in [7, 11) is 1.90. The highest BCUT2D eigenvalue weighted by Crippen LogP contribution is 2.23. The van der Waals surface area contributed by atoms with Crippen molar-refractivity contribution in [2.45, 2.75) is 13.2 Å². The van der Waals surface area contributed by atoms with Gasteiger partial charge in [0.15, 0.2) is 0 Å². The number of hydrogen-bond acceptors (Lipinski definition) is 4. The van der Waals surface area contributed by atoms with Gasteiger partial charge in [0.25, 0.3) is 0 Å². The monoisotopic (exact) mass is 312 g/mol. The maximum atomic E-state index is 5.65. The number of halogens is 1. The topological polar surface area (TPSA) is 34.1 Å². The summed E-state index contributed by atoms with van der Waals surface area (Å²) < 4.78 is 6.77. The van der Waals surface area contributed by atoms with Gasteiger partial charge in [0.1, 0.15) is 12.4 Å². The quantitative estimate of drug-likeness (QED) is 0.920. The largest absolute Gasteiger partial charge is 0.486 e. The SMILES string of the molecule is CNCc1ccc(OCc2ccc(Br)s2)cn1. The second-order valence-corrected chi connectivity index (χ2v) is 6.06. The first-order valence-corrected chi connectivity index (χ1v) is 6.85. The third-order valence-corrected chi connectivity index (χ3v) is 3.76. The van der Waals surface area contributed by atoms with Crippen LogP contribution in [0.2, 0.25) is 0 Å². The number of nitrogens with one attached hydrogen (secondary N) is 1. The van der Waals surface area contributed by atoms with Crippen molar-refractivity contribution in [3.63, 3.8) is 0 Å². The molecule has 0 fully saturated rings. The summed E-state index contributed by atoms with van der Waals surface area (Å²) in [6.07, 6.45) is 1.76. The van der Waals surface area contributed by atoms with E-state index in [4.69, 9.17) is 4.74 Å². The van der Waals surface area contributed by atoms with E-state index in [-0.39, 0.29) is 0 Å². The van der Waals surface area contributed by atoms with E-state index in [0.717, 1.165) is 21.8 Å². The molecule has 3 nitrogen and oxygen atoms in total. The van der Waals surface area contributed by atoms with Crippen LogP contribution in [-0.2, 0) is 13.2 Å². The van der Waals surface area contributed by atoms with Crippen LogP contribution in [0.25, 0.3) is 0 Å². The van der Waals surface area contributed by atoms with Crippen molar-refractivity contribution in [3.05, 3.63) is 44.8 Å². The molecule has 0 atom stereocenters. The zero-order valence-corrected chi connectivity index (χ0v) is 11.8. The predicted octanol–water partition coefficient (Wildman–Crippen LogP) is 3.20. The molecule has 1 N–H and O–H groups in total. The van der Waals surface area contributed by atoms with Crippen molar-refractivity contribution in [1.82, 2.24) is 10.3 Å². The van der Waals surface area contributed by atoms with E-state index in [1.807, 2.05) is 25.2 Å². The highest BCUT2D eigenvalue weighted by Gasteiger charge is 2.00. The molecule has 0 aliphatic rings. The van der Waals surface area contributed by atoms with Gasteiger partial charge in [0.05, 0.1) is 15.7 Å². The lowest BCUT2D eigenvalue weighted by atomic mass is 10.3. The van der Waals surface area contributed by atoms with Crippen LogP contribution in [0.4, 0.5) is 0 Å². The first-order chi connectivity index (χ1) is 8.28. The second kappa shape index (κ2) is 6.14. The number of nitrogens with zero attached hydrogens (tertiary/aromatic N) is 1. The van der Waals surface area contributed by atoms with E-state index in [0.29, 0.717) is 6.61 Å². The van der Waals surface area contributed by atoms with Gasteiger partial charge in [-0.25, -0.2) is 0 Å². The highest BCUT2D eigenvalue weighted by atomic mass is 79.9. The molecule has 0 aromatic carbocycles. The molecule has 0 bridgehead atoms. The normalized spacial score (nSPS) is 10.5. The predicted molar refractivity (Wildman–Crippen MR) is 73.4 cm³/mol. The van der Waals surface area contributed by atoms with Gasteiger partial charge < -0.3 is 10.1 Å². The lowest BCUT2D eigenvalue weighted by Crippen LogP contribution is -2.06. The number of aromatic nitrogens is 1. The maximum absolute atomic E-state index is 5.65. The van der Waals surface area contributed by atoms with Gasteiger partial charge in [0.2, 0.25) is 0 Å². The molecule has 0 saturated heterocycles. The summed E-state index contributed by atoms with van der Waals surface area (Å²) >= 11 is 5.11. The van der Waals surface area contributed by atoms with E-state index >= 15 is 0 Å². The summed E-state index contributed by atoms with van der Waals surface area (Å²) in [5, 5.41) is 3.06. The van der Waals surface area contributed by atoms with Crippen LogP contribution in [0, 0.1) is 0 Å². The highest BCUT2D eigenvalue weighted by molar-refractivity contribution is 9.11. The lowest BCUT2D eigenvalue weighted by molar-refractivity contribution is 0.308. The van der Waals surface area contributed by atoms with Crippen molar-refractivity contribution >= 4 is 27.3 Å². The molecule has 2 aromatic heterocycles. The van der Waals surface area contributed by atoms with Crippen LogP contribution in [-0.4, -0.2) is 12.0 Å². The molecule has 2 heterocycles. The van der Waals surface area contributed by atoms with Gasteiger partial charge in [-0.05, 0) is 47.2 Å². The zero-order valence-electron chi connectivity index (χ0n) is 9.44. The fourth-order valence-corrected chi connectivity index (χ4v) is 2.76. The van der Waals surface area contributed by atoms with Crippen molar-refractivity contribution in [2.24, 2.45) is 0 Å². The van der Waals surface area contributed by atoms with Crippen molar-refractivity contribution in [2.75, 3.05) is 7.05 Å². The molecule has 0 unspecified atom stereocenters. The molecule has 90 valence electrons. The van der Waals surface area contributed by atoms with Gasteiger partial charge in [-0.3, -0.25) is 4.98 Å². The number of ether oxygens (including phenoxy) is 1. The molecular weight excluding hydrogens is 300 g/mol. The molecule has 2 rings (SSSR count). The number of pyridine rings is 1. The fraction of sp³-hybridized carbons (Fsp3) is 0.250. The van der Waals surface area contributed by atoms with Crippen molar-refractivity contribution in [3.8, 4) is 5.75 Å². The summed E-state index contributed by atoms with van der Waals surface area (Å²) in [6, 6.07) is 7.99. The van der Waals surface area contributed by atoms with E-state index in [9.17, 15) is 0 Å². The molecule has 17 heavy (non-hydrogen) atoms. The Morgan fingerprint density at radius 3 is 2.82 bits per heavy atom. The summed E-state index contributed by atoms with van der Waals surface area (Å²) in [6.45, 7) is 1.36. The average molecular weight is 313 g/mol.